The largest absolute Gasteiger partial charge is 0.508 e. The number of aromatic hydroxyl groups is 5. The van der Waals surface area contributed by atoms with Crippen LogP contribution in [0.25, 0.3) is 11.1 Å². The van der Waals surface area contributed by atoms with Crippen molar-refractivity contribution in [3.63, 3.8) is 0 Å². The van der Waals surface area contributed by atoms with Crippen molar-refractivity contribution in [2.45, 2.75) is 123 Å². The molecule has 38 heteroatoms. The van der Waals surface area contributed by atoms with Crippen LogP contribution in [-0.2, 0) is 59.0 Å². The van der Waals surface area contributed by atoms with Crippen LogP contribution in [0.15, 0.2) is 115 Å². The van der Waals surface area contributed by atoms with Crippen LogP contribution in [0.4, 0.5) is 0 Å². The van der Waals surface area contributed by atoms with Crippen LogP contribution in [-0.4, -0.2) is 200 Å². The number of carboxylic acids is 1. The van der Waals surface area contributed by atoms with Crippen molar-refractivity contribution >= 4 is 70.5 Å². The molecule has 15 rings (SSSR count). The second-order valence-electron chi connectivity index (χ2n) is 26.4. The number of aliphatic hydroxyl groups excluding tert-OH is 7. The monoisotopic (exact) mass is 1560 g/mol. The highest BCUT2D eigenvalue weighted by molar-refractivity contribution is 6.32. The van der Waals surface area contributed by atoms with E-state index in [4.69, 9.17) is 62.1 Å². The summed E-state index contributed by atoms with van der Waals surface area (Å²) in [5, 5.41) is 163. The lowest BCUT2D eigenvalue weighted by Crippen LogP contribution is -2.65. The summed E-state index contributed by atoms with van der Waals surface area (Å²) in [6.45, 7) is -1.05. The normalized spacial score (nSPS) is 28.1. The molecule has 0 saturated carbocycles. The fourth-order valence-corrected chi connectivity index (χ4v) is 13.9. The van der Waals surface area contributed by atoms with E-state index >= 15 is 24.0 Å². The molecule has 18 atom stereocenters. The number of halogens is 2. The van der Waals surface area contributed by atoms with Crippen molar-refractivity contribution in [3.05, 3.63) is 164 Å². The van der Waals surface area contributed by atoms with Gasteiger partial charge in [0.25, 0.3) is 0 Å². The van der Waals surface area contributed by atoms with Crippen molar-refractivity contribution in [2.24, 2.45) is 5.73 Å². The molecule has 0 aliphatic carbocycles. The first-order valence-corrected chi connectivity index (χ1v) is 34.3. The van der Waals surface area contributed by atoms with Gasteiger partial charge in [0.1, 0.15) is 131 Å². The molecule has 110 heavy (non-hydrogen) atoms. The van der Waals surface area contributed by atoms with Gasteiger partial charge in [-0.25, -0.2) is 4.79 Å². The van der Waals surface area contributed by atoms with E-state index in [-0.39, 0.29) is 44.5 Å². The summed E-state index contributed by atoms with van der Waals surface area (Å²) in [5.74, 6) is -18.0. The number of carbonyl (C=O) groups is 8. The number of hydrogen-bond acceptors (Lipinski definition) is 28. The number of benzene rings is 7. The van der Waals surface area contributed by atoms with Gasteiger partial charge in [0.05, 0.1) is 23.3 Å². The molecule has 7 aromatic rings. The topological polar surface area (TPSA) is 574 Å². The molecule has 578 valence electrons. The number of aliphatic carboxylic acids is 1. The predicted molar refractivity (Wildman–Crippen MR) is 372 cm³/mol. The van der Waals surface area contributed by atoms with E-state index in [0.717, 1.165) is 91.9 Å². The third kappa shape index (κ3) is 15.3. The minimum absolute atomic E-state index is 0.0678. The van der Waals surface area contributed by atoms with Gasteiger partial charge >= 0.3 is 5.97 Å². The molecule has 17 bridgehead atoms. The molecule has 36 nitrogen and oxygen atoms in total. The van der Waals surface area contributed by atoms with Crippen LogP contribution in [0, 0.1) is 0 Å². The van der Waals surface area contributed by atoms with Crippen LogP contribution in [0.2, 0.25) is 10.0 Å². The van der Waals surface area contributed by atoms with Crippen LogP contribution < -0.4 is 61.9 Å². The molecule has 0 radical (unpaired) electrons. The first kappa shape index (κ1) is 76.8. The Balaban J connectivity index is 1.05. The maximum atomic E-state index is 16.4. The Bertz CT molecular complexity index is 4880. The number of phenols is 5. The Hall–Kier alpha value is -11.4. The maximum Gasteiger partial charge on any atom is 0.330 e. The Labute approximate surface area is 629 Å². The molecule has 0 spiro atoms. The smallest absolute Gasteiger partial charge is 0.330 e. The van der Waals surface area contributed by atoms with Crippen LogP contribution >= 0.6 is 23.2 Å². The molecule has 7 amide bonds. The van der Waals surface area contributed by atoms with Gasteiger partial charge in [-0.1, -0.05) is 47.5 Å². The predicted octanol–water partition coefficient (Wildman–Crippen LogP) is 0.426. The SMILES string of the molecule is CC(=O)N[C@H]1[C@H](OC2c3ccc(c(Cl)c3)Oc3cc4cc(c3O)Oc3ccc(cc3Cl)CC3NC(=O)C(N)c5ccc(O)c(c5)Oc5cc(O)cc(c5)C(NC3=O)C(=O)NC4C(=O)NC3C(=O)NC2C(=O)NC(C(=O)O)c2cc(O)cc(O[C@@H]4O[C@H](CO)[C@@H](O)[C@H](O)[C@@H]4O)c2-c2cc3ccc2O)O[C@H](CO)[C@@H](O)[C@@H]1O. The van der Waals surface area contributed by atoms with Gasteiger partial charge in [0.15, 0.2) is 35.3 Å². The molecule has 8 aliphatic rings. The molecule has 2 saturated heterocycles. The van der Waals surface area contributed by atoms with Gasteiger partial charge in [-0.15, -0.1) is 0 Å². The number of hydrogen-bond donors (Lipinski definition) is 21. The molecular formula is C72H68Cl2N8O28. The van der Waals surface area contributed by atoms with Crippen LogP contribution in [0.1, 0.15) is 82.2 Å². The first-order chi connectivity index (χ1) is 52.3. The number of aliphatic hydroxyl groups is 7. The highest BCUT2D eigenvalue weighted by atomic mass is 35.5. The third-order valence-corrected chi connectivity index (χ3v) is 19.6. The van der Waals surface area contributed by atoms with Crippen molar-refractivity contribution in [1.82, 2.24) is 37.2 Å². The van der Waals surface area contributed by atoms with Gasteiger partial charge in [-0.3, -0.25) is 33.6 Å². The van der Waals surface area contributed by atoms with Gasteiger partial charge in [0, 0.05) is 42.2 Å². The van der Waals surface area contributed by atoms with Crippen molar-refractivity contribution in [1.29, 1.82) is 0 Å². The fourth-order valence-electron chi connectivity index (χ4n) is 13.5. The lowest BCUT2D eigenvalue weighted by atomic mass is 9.89. The Morgan fingerprint density at radius 1 is 0.536 bits per heavy atom. The number of carbonyl (C=O) groups excluding carboxylic acids is 7. The van der Waals surface area contributed by atoms with E-state index in [0.29, 0.717) is 0 Å². The maximum absolute atomic E-state index is 16.4. The lowest BCUT2D eigenvalue weighted by Gasteiger charge is -2.44. The second-order valence-corrected chi connectivity index (χ2v) is 27.3. The number of ether oxygens (including phenoxy) is 7. The minimum atomic E-state index is -2.51. The number of amides is 7. The Morgan fingerprint density at radius 2 is 1.11 bits per heavy atom. The van der Waals surface area contributed by atoms with Crippen LogP contribution in [0.3, 0.4) is 0 Å². The quantitative estimate of drug-likeness (QED) is 0.0980. The van der Waals surface area contributed by atoms with Gasteiger partial charge in [-0.2, -0.15) is 0 Å². The average Bonchev–Trinajstić information content (AvgIpc) is 0.766. The fraction of sp³-hybridized carbons (Fsp3) is 0.306. The van der Waals surface area contributed by atoms with E-state index in [1.54, 1.807) is 0 Å². The van der Waals surface area contributed by atoms with Crippen LogP contribution in [0.5, 0.6) is 69.0 Å². The number of nitrogens with one attached hydrogen (secondary N) is 7. The molecule has 0 aromatic heterocycles. The molecule has 8 unspecified atom stereocenters. The van der Waals surface area contributed by atoms with E-state index in [2.05, 4.69) is 37.2 Å². The molecule has 2 fully saturated rings. The zero-order chi connectivity index (χ0) is 78.7. The molecule has 8 heterocycles. The Kier molecular flexibility index (Phi) is 21.6. The van der Waals surface area contributed by atoms with Gasteiger partial charge in [-0.05, 0) is 112 Å². The summed E-state index contributed by atoms with van der Waals surface area (Å²) in [6.07, 6.45) is -20.7. The summed E-state index contributed by atoms with van der Waals surface area (Å²) in [6, 6.07) is 3.70. The number of nitrogens with two attached hydrogens (primary N) is 1. The van der Waals surface area contributed by atoms with E-state index in [1.165, 1.54) is 30.3 Å². The second kappa shape index (κ2) is 31.0. The van der Waals surface area contributed by atoms with E-state index < -0.39 is 261 Å². The third-order valence-electron chi connectivity index (χ3n) is 19.0. The van der Waals surface area contributed by atoms with Gasteiger partial charge < -0.3 is 142 Å². The van der Waals surface area contributed by atoms with E-state index in [1.807, 2.05) is 0 Å². The van der Waals surface area contributed by atoms with Crippen molar-refractivity contribution < 1.29 is 138 Å². The average molecular weight is 1560 g/mol. The highest BCUT2D eigenvalue weighted by Gasteiger charge is 2.50. The summed E-state index contributed by atoms with van der Waals surface area (Å²) in [7, 11) is 0. The van der Waals surface area contributed by atoms with Crippen molar-refractivity contribution in [3.8, 4) is 80.1 Å². The standard InChI is InChI=1S/C72H68Cl2N8O28/c1-24(85)76-55-60(93)58(91)47(22-83)108-71(55)110-63-28-5-9-42(37(74)15-28)106-46-18-30-17-45(57(46)90)105-41-8-2-25(10-36(41)73)11-38-64(96)78-52(29-12-31(86)19-33(13-29)104-43-16-26(3-7-40(43)89)50(75)65(97)77-38)67(99)80-53(30)68(100)79-51-27-4-6-39(88)34(14-27)49-35(54(70(102)103)81-69(101)56(63)82-66(51)98)20-32(87)21-44(49)107-72-62(95)61(94)59(92)48(23-84)109-72/h2-10,12-21,38,47-48,50-56,58-63,71-72,83-84,86-95H,11,22-23,75H2,1H3,(H,76,85)(H,77,97)(H,78,96)(H,79,100)(H,80,99)(H,81,101)(H,82,98)(H,102,103)/t38?,47-,48-,50?,51?,52?,53?,54?,55-,56?,58-,59-,60-,61+,62+,63?,71+,72-/m1/s1. The zero-order valence-corrected chi connectivity index (χ0v) is 58.3. The number of carboxylic acid groups (broad SMARTS) is 1. The highest BCUT2D eigenvalue weighted by Crippen LogP contribution is 2.50. The van der Waals surface area contributed by atoms with Crippen molar-refractivity contribution in [2.75, 3.05) is 13.2 Å². The summed E-state index contributed by atoms with van der Waals surface area (Å²) in [4.78, 5) is 121. The Morgan fingerprint density at radius 3 is 1.75 bits per heavy atom. The number of rotatable bonds is 8. The minimum Gasteiger partial charge on any atom is -0.508 e. The molecular weight excluding hydrogens is 1500 g/mol. The summed E-state index contributed by atoms with van der Waals surface area (Å²) in [5.41, 5.74) is 3.25. The summed E-state index contributed by atoms with van der Waals surface area (Å²) < 4.78 is 43.0. The van der Waals surface area contributed by atoms with Gasteiger partial charge in [0.2, 0.25) is 53.4 Å². The summed E-state index contributed by atoms with van der Waals surface area (Å²) >= 11 is 14.1. The van der Waals surface area contributed by atoms with E-state index in [9.17, 15) is 80.8 Å². The molecule has 7 aromatic carbocycles. The first-order valence-electron chi connectivity index (χ1n) is 33.5. The molecule has 22 N–H and O–H groups in total. The molecule has 8 aliphatic heterocycles. The number of fused-ring (bicyclic) bond motifs is 14. The zero-order valence-electron chi connectivity index (χ0n) is 56.8. The number of phenolic OH excluding ortho intramolecular Hbond substituents is 5. The lowest BCUT2D eigenvalue weighted by molar-refractivity contribution is -0.284.